The topological polar surface area (TPSA) is 107 Å². The fourth-order valence-electron chi connectivity index (χ4n) is 1.49. The Balaban J connectivity index is 2.37. The molecule has 0 amide bonds. The number of aliphatic carboxylic acids is 1. The van der Waals surface area contributed by atoms with Crippen molar-refractivity contribution in [1.82, 2.24) is 0 Å². The maximum atomic E-state index is 11.3. The summed E-state index contributed by atoms with van der Waals surface area (Å²) in [5, 5.41) is 18.6. The highest BCUT2D eigenvalue weighted by Crippen LogP contribution is 2.08. The average Bonchev–Trinajstić information content (AvgIpc) is 2.43. The molecule has 0 radical (unpaired) electrons. The molecule has 112 valence electrons. The number of carbonyl (C=O) groups excluding carboxylic acids is 1. The van der Waals surface area contributed by atoms with Gasteiger partial charge in [-0.3, -0.25) is 19.7 Å². The molecule has 0 saturated carbocycles. The second-order valence-corrected chi connectivity index (χ2v) is 4.25. The van der Waals surface area contributed by atoms with Crippen LogP contribution in [0.2, 0.25) is 0 Å². The van der Waals surface area contributed by atoms with E-state index in [1.165, 1.54) is 6.08 Å². The van der Waals surface area contributed by atoms with Gasteiger partial charge in [0.1, 0.15) is 6.61 Å². The highest BCUT2D eigenvalue weighted by atomic mass is 16.6. The molecule has 0 aromatic heterocycles. The van der Waals surface area contributed by atoms with Crippen molar-refractivity contribution in [2.45, 2.75) is 25.9 Å². The van der Waals surface area contributed by atoms with E-state index < -0.39 is 16.9 Å². The lowest BCUT2D eigenvalue weighted by Crippen LogP contribution is -2.05. The van der Waals surface area contributed by atoms with Gasteiger partial charge in [-0.15, -0.1) is 0 Å². The number of benzene rings is 1. The largest absolute Gasteiger partial charge is 0.481 e. The minimum absolute atomic E-state index is 0.0629. The molecule has 0 spiro atoms. The maximum absolute atomic E-state index is 11.3. The Kier molecular flexibility index (Phi) is 6.59. The summed E-state index contributed by atoms with van der Waals surface area (Å²) < 4.78 is 4.99. The SMILES string of the molecule is O=C(O)CCCC(=O)OCc1ccc(/C=C/[N+](=O)[O-])cc1. The molecule has 1 rings (SSSR count). The van der Waals surface area contributed by atoms with Crippen LogP contribution in [0, 0.1) is 10.1 Å². The Hall–Kier alpha value is -2.70. The van der Waals surface area contributed by atoms with Crippen molar-refractivity contribution >= 4 is 18.0 Å². The predicted molar refractivity (Wildman–Crippen MR) is 73.8 cm³/mol. The highest BCUT2D eigenvalue weighted by Gasteiger charge is 2.05. The lowest BCUT2D eigenvalue weighted by molar-refractivity contribution is -0.400. The minimum atomic E-state index is -0.943. The summed E-state index contributed by atoms with van der Waals surface area (Å²) in [4.78, 5) is 31.2. The van der Waals surface area contributed by atoms with Gasteiger partial charge in [0.05, 0.1) is 4.92 Å². The smallest absolute Gasteiger partial charge is 0.306 e. The van der Waals surface area contributed by atoms with Crippen molar-refractivity contribution < 1.29 is 24.4 Å². The average molecular weight is 293 g/mol. The number of rotatable bonds is 8. The van der Waals surface area contributed by atoms with Crippen molar-refractivity contribution in [2.24, 2.45) is 0 Å². The lowest BCUT2D eigenvalue weighted by Gasteiger charge is -2.04. The summed E-state index contributed by atoms with van der Waals surface area (Å²) in [5.41, 5.74) is 1.42. The van der Waals surface area contributed by atoms with E-state index in [1.54, 1.807) is 24.3 Å². The van der Waals surface area contributed by atoms with Crippen molar-refractivity contribution in [3.8, 4) is 0 Å². The van der Waals surface area contributed by atoms with Gasteiger partial charge in [0, 0.05) is 18.9 Å². The van der Waals surface area contributed by atoms with Crippen molar-refractivity contribution in [3.63, 3.8) is 0 Å². The first-order valence-electron chi connectivity index (χ1n) is 6.25. The molecule has 0 unspecified atom stereocenters. The van der Waals surface area contributed by atoms with Crippen LogP contribution in [0.15, 0.2) is 30.5 Å². The van der Waals surface area contributed by atoms with Gasteiger partial charge < -0.3 is 9.84 Å². The number of nitro groups is 1. The highest BCUT2D eigenvalue weighted by molar-refractivity contribution is 5.71. The fourth-order valence-corrected chi connectivity index (χ4v) is 1.49. The van der Waals surface area contributed by atoms with Crippen molar-refractivity contribution in [2.75, 3.05) is 0 Å². The summed E-state index contributed by atoms with van der Waals surface area (Å²) in [7, 11) is 0. The van der Waals surface area contributed by atoms with Gasteiger partial charge in [0.15, 0.2) is 0 Å². The first-order chi connectivity index (χ1) is 9.97. The zero-order chi connectivity index (χ0) is 15.7. The third-order valence-corrected chi connectivity index (χ3v) is 2.54. The number of nitrogens with zero attached hydrogens (tertiary/aromatic N) is 1. The molecule has 0 aliphatic heterocycles. The normalized spacial score (nSPS) is 10.5. The Morgan fingerprint density at radius 3 is 2.48 bits per heavy atom. The third kappa shape index (κ3) is 7.46. The van der Waals surface area contributed by atoms with E-state index in [1.807, 2.05) is 0 Å². The number of esters is 1. The number of hydrogen-bond donors (Lipinski definition) is 1. The predicted octanol–water partition coefficient (Wildman–Crippen LogP) is 2.23. The second kappa shape index (κ2) is 8.47. The van der Waals surface area contributed by atoms with Crippen LogP contribution in [0.1, 0.15) is 30.4 Å². The van der Waals surface area contributed by atoms with Gasteiger partial charge in [0.2, 0.25) is 6.20 Å². The molecular weight excluding hydrogens is 278 g/mol. The van der Waals surface area contributed by atoms with E-state index in [4.69, 9.17) is 9.84 Å². The monoisotopic (exact) mass is 293 g/mol. The molecule has 21 heavy (non-hydrogen) atoms. The van der Waals surface area contributed by atoms with E-state index in [9.17, 15) is 19.7 Å². The molecule has 0 fully saturated rings. The number of ether oxygens (including phenoxy) is 1. The van der Waals surface area contributed by atoms with Crippen LogP contribution in [-0.4, -0.2) is 22.0 Å². The summed E-state index contributed by atoms with van der Waals surface area (Å²) >= 11 is 0. The summed E-state index contributed by atoms with van der Waals surface area (Å²) in [6.45, 7) is 0.0884. The Morgan fingerprint density at radius 1 is 1.24 bits per heavy atom. The van der Waals surface area contributed by atoms with Crippen LogP contribution in [-0.2, 0) is 20.9 Å². The first-order valence-corrected chi connectivity index (χ1v) is 6.25. The molecule has 7 heteroatoms. The quantitative estimate of drug-likeness (QED) is 0.447. The Bertz CT molecular complexity index is 535. The van der Waals surface area contributed by atoms with E-state index in [-0.39, 0.29) is 25.9 Å². The van der Waals surface area contributed by atoms with Gasteiger partial charge in [-0.25, -0.2) is 0 Å². The van der Waals surface area contributed by atoms with E-state index >= 15 is 0 Å². The lowest BCUT2D eigenvalue weighted by atomic mass is 10.1. The number of hydrogen-bond acceptors (Lipinski definition) is 5. The summed E-state index contributed by atoms with van der Waals surface area (Å²) in [5.74, 6) is -1.39. The minimum Gasteiger partial charge on any atom is -0.481 e. The molecule has 7 nitrogen and oxygen atoms in total. The second-order valence-electron chi connectivity index (χ2n) is 4.25. The Labute approximate surface area is 121 Å². The molecule has 0 aliphatic rings. The van der Waals surface area contributed by atoms with Crippen molar-refractivity contribution in [3.05, 3.63) is 51.7 Å². The van der Waals surface area contributed by atoms with Crippen LogP contribution in [0.4, 0.5) is 0 Å². The Morgan fingerprint density at radius 2 is 1.90 bits per heavy atom. The van der Waals surface area contributed by atoms with Crippen LogP contribution >= 0.6 is 0 Å². The first kappa shape index (κ1) is 16.4. The molecule has 1 aromatic carbocycles. The summed E-state index contributed by atoms with van der Waals surface area (Å²) in [6.07, 6.45) is 2.46. The van der Waals surface area contributed by atoms with Gasteiger partial charge in [-0.2, -0.15) is 0 Å². The van der Waals surface area contributed by atoms with E-state index in [0.29, 0.717) is 5.56 Å². The molecule has 0 saturated heterocycles. The van der Waals surface area contributed by atoms with Crippen LogP contribution in [0.25, 0.3) is 6.08 Å². The standard InChI is InChI=1S/C14H15NO6/c16-13(17)2-1-3-14(18)21-10-12-6-4-11(5-7-12)8-9-15(19)20/h4-9H,1-3,10H2,(H,16,17)/b9-8+. The zero-order valence-corrected chi connectivity index (χ0v) is 11.2. The van der Waals surface area contributed by atoms with Gasteiger partial charge in [-0.1, -0.05) is 24.3 Å². The van der Waals surface area contributed by atoms with Gasteiger partial charge in [-0.05, 0) is 17.5 Å². The van der Waals surface area contributed by atoms with Gasteiger partial charge >= 0.3 is 11.9 Å². The molecule has 1 N–H and O–H groups in total. The van der Waals surface area contributed by atoms with Crippen LogP contribution in [0.5, 0.6) is 0 Å². The number of carboxylic acid groups (broad SMARTS) is 1. The molecule has 0 atom stereocenters. The molecule has 1 aromatic rings. The van der Waals surface area contributed by atoms with E-state index in [2.05, 4.69) is 0 Å². The van der Waals surface area contributed by atoms with E-state index in [0.717, 1.165) is 11.8 Å². The fraction of sp³-hybridized carbons (Fsp3) is 0.286. The third-order valence-electron chi connectivity index (χ3n) is 2.54. The van der Waals surface area contributed by atoms with Crippen molar-refractivity contribution in [1.29, 1.82) is 0 Å². The maximum Gasteiger partial charge on any atom is 0.306 e. The van der Waals surface area contributed by atoms with Crippen LogP contribution in [0.3, 0.4) is 0 Å². The van der Waals surface area contributed by atoms with Crippen LogP contribution < -0.4 is 0 Å². The molecule has 0 bridgehead atoms. The number of carbonyl (C=O) groups is 2. The number of carboxylic acids is 1. The zero-order valence-electron chi connectivity index (χ0n) is 11.2. The summed E-state index contributed by atoms with van der Waals surface area (Å²) in [6, 6.07) is 6.75. The van der Waals surface area contributed by atoms with Gasteiger partial charge in [0.25, 0.3) is 0 Å². The molecule has 0 heterocycles. The molecule has 0 aliphatic carbocycles. The molecular formula is C14H15NO6.